The van der Waals surface area contributed by atoms with E-state index in [2.05, 4.69) is 12.6 Å². The third-order valence-corrected chi connectivity index (χ3v) is 3.00. The van der Waals surface area contributed by atoms with Gasteiger partial charge in [-0.05, 0) is 17.7 Å². The highest BCUT2D eigenvalue weighted by molar-refractivity contribution is 7.80. The summed E-state index contributed by atoms with van der Waals surface area (Å²) in [4.78, 5) is 0. The highest BCUT2D eigenvalue weighted by Crippen LogP contribution is 2.26. The molecular weight excluding hydrogens is 248 g/mol. The number of methoxy groups -OCH3 is 1. The topological polar surface area (TPSA) is 49.7 Å². The van der Waals surface area contributed by atoms with Crippen LogP contribution in [-0.2, 0) is 5.88 Å². The lowest BCUT2D eigenvalue weighted by Gasteiger charge is -2.17. The molecule has 1 rings (SSSR count). The van der Waals surface area contributed by atoms with Gasteiger partial charge in [-0.25, -0.2) is 0 Å². The van der Waals surface area contributed by atoms with Crippen molar-refractivity contribution in [3.8, 4) is 5.75 Å². The van der Waals surface area contributed by atoms with E-state index in [9.17, 15) is 10.2 Å². The predicted molar refractivity (Wildman–Crippen MR) is 67.4 cm³/mol. The first-order chi connectivity index (χ1) is 7.63. The summed E-state index contributed by atoms with van der Waals surface area (Å²) in [7, 11) is 1.56. The van der Waals surface area contributed by atoms with Crippen LogP contribution in [0.15, 0.2) is 18.2 Å². The minimum atomic E-state index is -0.953. The molecule has 0 aliphatic rings. The van der Waals surface area contributed by atoms with Crippen molar-refractivity contribution < 1.29 is 14.9 Å². The van der Waals surface area contributed by atoms with E-state index in [-0.39, 0.29) is 5.75 Å². The maximum absolute atomic E-state index is 9.79. The fourth-order valence-electron chi connectivity index (χ4n) is 1.41. The van der Waals surface area contributed by atoms with Crippen molar-refractivity contribution in [2.24, 2.45) is 0 Å². The molecule has 0 saturated carbocycles. The van der Waals surface area contributed by atoms with Crippen LogP contribution in [0.25, 0.3) is 0 Å². The zero-order valence-electron chi connectivity index (χ0n) is 8.93. The Kier molecular flexibility index (Phi) is 5.41. The molecule has 0 amide bonds. The van der Waals surface area contributed by atoms with E-state index in [1.54, 1.807) is 25.3 Å². The van der Waals surface area contributed by atoms with Gasteiger partial charge in [-0.3, -0.25) is 0 Å². The van der Waals surface area contributed by atoms with Gasteiger partial charge in [0, 0.05) is 11.3 Å². The Bertz CT molecular complexity index is 346. The van der Waals surface area contributed by atoms with Gasteiger partial charge in [-0.15, -0.1) is 11.6 Å². The quantitative estimate of drug-likeness (QED) is 0.560. The first-order valence-corrected chi connectivity index (χ1v) is 6.00. The maximum Gasteiger partial charge on any atom is 0.123 e. The number of aliphatic hydroxyl groups is 2. The summed E-state index contributed by atoms with van der Waals surface area (Å²) >= 11 is 9.69. The second kappa shape index (κ2) is 6.35. The van der Waals surface area contributed by atoms with Crippen LogP contribution in [0.4, 0.5) is 0 Å². The molecule has 16 heavy (non-hydrogen) atoms. The number of benzene rings is 1. The van der Waals surface area contributed by atoms with Crippen molar-refractivity contribution in [3.05, 3.63) is 29.3 Å². The number of thiol groups is 1. The molecule has 0 radical (unpaired) electrons. The normalized spacial score (nSPS) is 14.6. The number of alkyl halides is 1. The van der Waals surface area contributed by atoms with E-state index < -0.39 is 12.2 Å². The molecule has 2 atom stereocenters. The van der Waals surface area contributed by atoms with E-state index >= 15 is 0 Å². The van der Waals surface area contributed by atoms with Gasteiger partial charge in [-0.2, -0.15) is 12.6 Å². The maximum atomic E-state index is 9.79. The molecule has 90 valence electrons. The van der Waals surface area contributed by atoms with Crippen molar-refractivity contribution in [1.82, 2.24) is 0 Å². The Morgan fingerprint density at radius 3 is 2.62 bits per heavy atom. The molecule has 0 fully saturated rings. The number of aliphatic hydroxyl groups excluding tert-OH is 2. The lowest BCUT2D eigenvalue weighted by atomic mass is 10.0. The molecule has 0 aromatic heterocycles. The van der Waals surface area contributed by atoms with Crippen LogP contribution in [0.1, 0.15) is 17.2 Å². The van der Waals surface area contributed by atoms with Gasteiger partial charge in [0.05, 0.1) is 19.1 Å². The van der Waals surface area contributed by atoms with Gasteiger partial charge >= 0.3 is 0 Å². The molecule has 0 aliphatic carbocycles. The lowest BCUT2D eigenvalue weighted by molar-refractivity contribution is 0.0337. The summed E-state index contributed by atoms with van der Waals surface area (Å²) in [6.07, 6.45) is -1.84. The van der Waals surface area contributed by atoms with E-state index in [0.29, 0.717) is 17.2 Å². The SMILES string of the molecule is COc1ccc(C(O)C(O)CS)cc1CCl. The van der Waals surface area contributed by atoms with Crippen molar-refractivity contribution in [2.75, 3.05) is 12.9 Å². The Hall–Kier alpha value is -0.420. The Labute approximate surface area is 105 Å². The summed E-state index contributed by atoms with van der Waals surface area (Å²) in [5, 5.41) is 19.3. The number of rotatable bonds is 5. The van der Waals surface area contributed by atoms with Crippen LogP contribution in [0.3, 0.4) is 0 Å². The molecule has 0 saturated heterocycles. The summed E-state index contributed by atoms with van der Waals surface area (Å²) in [5.41, 5.74) is 1.39. The van der Waals surface area contributed by atoms with Crippen molar-refractivity contribution in [2.45, 2.75) is 18.1 Å². The number of halogens is 1. The highest BCUT2D eigenvalue weighted by Gasteiger charge is 2.18. The van der Waals surface area contributed by atoms with Gasteiger partial charge in [0.15, 0.2) is 0 Å². The standard InChI is InChI=1S/C11H15ClO3S/c1-15-10-3-2-7(4-8(10)5-12)11(14)9(13)6-16/h2-4,9,11,13-14,16H,5-6H2,1H3. The van der Waals surface area contributed by atoms with Gasteiger partial charge in [0.2, 0.25) is 0 Å². The molecule has 0 aliphatic heterocycles. The van der Waals surface area contributed by atoms with E-state index in [1.165, 1.54) is 0 Å². The second-order valence-electron chi connectivity index (χ2n) is 3.40. The van der Waals surface area contributed by atoms with Crippen molar-refractivity contribution >= 4 is 24.2 Å². The van der Waals surface area contributed by atoms with Crippen LogP contribution < -0.4 is 4.74 Å². The lowest BCUT2D eigenvalue weighted by Crippen LogP contribution is -2.19. The van der Waals surface area contributed by atoms with E-state index in [4.69, 9.17) is 16.3 Å². The molecule has 0 heterocycles. The Morgan fingerprint density at radius 1 is 1.44 bits per heavy atom. The molecule has 1 aromatic rings. The molecule has 2 unspecified atom stereocenters. The molecular formula is C11H15ClO3S. The Morgan fingerprint density at radius 2 is 2.12 bits per heavy atom. The Balaban J connectivity index is 2.98. The highest BCUT2D eigenvalue weighted by atomic mass is 35.5. The van der Waals surface area contributed by atoms with Crippen molar-refractivity contribution in [1.29, 1.82) is 0 Å². The third kappa shape index (κ3) is 3.04. The molecule has 3 nitrogen and oxygen atoms in total. The van der Waals surface area contributed by atoms with Gasteiger partial charge < -0.3 is 14.9 Å². The zero-order valence-corrected chi connectivity index (χ0v) is 10.6. The first-order valence-electron chi connectivity index (χ1n) is 4.83. The monoisotopic (exact) mass is 262 g/mol. The zero-order chi connectivity index (χ0) is 12.1. The number of ether oxygens (including phenoxy) is 1. The van der Waals surface area contributed by atoms with Gasteiger partial charge in [0.25, 0.3) is 0 Å². The summed E-state index contributed by atoms with van der Waals surface area (Å²) in [5.74, 6) is 1.16. The van der Waals surface area contributed by atoms with Crippen LogP contribution in [-0.4, -0.2) is 29.2 Å². The second-order valence-corrected chi connectivity index (χ2v) is 4.03. The number of hydrogen-bond donors (Lipinski definition) is 3. The van der Waals surface area contributed by atoms with Crippen LogP contribution in [0.2, 0.25) is 0 Å². The molecule has 0 bridgehead atoms. The largest absolute Gasteiger partial charge is 0.496 e. The van der Waals surface area contributed by atoms with Crippen LogP contribution in [0, 0.1) is 0 Å². The van der Waals surface area contributed by atoms with E-state index in [1.807, 2.05) is 0 Å². The van der Waals surface area contributed by atoms with Crippen molar-refractivity contribution in [3.63, 3.8) is 0 Å². The van der Waals surface area contributed by atoms with Crippen LogP contribution >= 0.6 is 24.2 Å². The number of hydrogen-bond acceptors (Lipinski definition) is 4. The minimum Gasteiger partial charge on any atom is -0.496 e. The third-order valence-electron chi connectivity index (χ3n) is 2.34. The minimum absolute atomic E-state index is 0.198. The molecule has 2 N–H and O–H groups in total. The average Bonchev–Trinajstić information content (AvgIpc) is 2.35. The molecule has 0 spiro atoms. The fraction of sp³-hybridized carbons (Fsp3) is 0.455. The molecule has 5 heteroatoms. The predicted octanol–water partition coefficient (Wildman–Crippen LogP) is 1.76. The van der Waals surface area contributed by atoms with E-state index in [0.717, 1.165) is 5.56 Å². The average molecular weight is 263 g/mol. The van der Waals surface area contributed by atoms with Crippen LogP contribution in [0.5, 0.6) is 5.75 Å². The molecule has 1 aromatic carbocycles. The summed E-state index contributed by atoms with van der Waals surface area (Å²) < 4.78 is 5.11. The fourth-order valence-corrected chi connectivity index (χ4v) is 1.82. The van der Waals surface area contributed by atoms with Gasteiger partial charge in [-0.1, -0.05) is 6.07 Å². The smallest absolute Gasteiger partial charge is 0.123 e. The van der Waals surface area contributed by atoms with Gasteiger partial charge in [0.1, 0.15) is 11.9 Å². The first kappa shape index (κ1) is 13.6. The summed E-state index contributed by atoms with van der Waals surface area (Å²) in [6, 6.07) is 5.15. The summed E-state index contributed by atoms with van der Waals surface area (Å²) in [6.45, 7) is 0.